The molecule has 0 unspecified atom stereocenters. The van der Waals surface area contributed by atoms with Gasteiger partial charge >= 0.3 is 0 Å². The Morgan fingerprint density at radius 3 is 2.71 bits per heavy atom. The van der Waals surface area contributed by atoms with Crippen LogP contribution in [0.4, 0.5) is 0 Å². The van der Waals surface area contributed by atoms with Gasteiger partial charge in [-0.15, -0.1) is 0 Å². The highest BCUT2D eigenvalue weighted by Gasteiger charge is 2.11. The number of carbonyl (C=O) groups is 1. The van der Waals surface area contributed by atoms with E-state index in [1.807, 2.05) is 67.1 Å². The van der Waals surface area contributed by atoms with Crippen LogP contribution in [0.15, 0.2) is 54.7 Å². The maximum absolute atomic E-state index is 12.1. The molecule has 0 atom stereocenters. The molecule has 0 aliphatic carbocycles. The zero-order valence-electron chi connectivity index (χ0n) is 16.0. The summed E-state index contributed by atoms with van der Waals surface area (Å²) in [5.74, 6) is -0.131. The number of halogens is 1. The number of pyridine rings is 1. The molecule has 2 aromatic heterocycles. The van der Waals surface area contributed by atoms with Crippen LogP contribution in [0.1, 0.15) is 28.2 Å². The van der Waals surface area contributed by atoms with Crippen LogP contribution in [0, 0.1) is 13.8 Å². The molecule has 3 rings (SSSR count). The molecular formula is C22H23ClN4O. The number of hydrogen-bond donors (Lipinski definition) is 1. The monoisotopic (exact) mass is 394 g/mol. The fourth-order valence-electron chi connectivity index (χ4n) is 2.97. The van der Waals surface area contributed by atoms with Crippen molar-refractivity contribution >= 4 is 23.6 Å². The first-order valence-electron chi connectivity index (χ1n) is 9.18. The van der Waals surface area contributed by atoms with E-state index in [1.54, 1.807) is 12.3 Å². The summed E-state index contributed by atoms with van der Waals surface area (Å²) in [5, 5.41) is 8.20. The maximum Gasteiger partial charge on any atom is 0.244 e. The van der Waals surface area contributed by atoms with Gasteiger partial charge in [0.1, 0.15) is 0 Å². The normalized spacial score (nSPS) is 11.1. The van der Waals surface area contributed by atoms with Crippen molar-refractivity contribution in [1.29, 1.82) is 0 Å². The molecule has 1 aromatic carbocycles. The number of hydrogen-bond acceptors (Lipinski definition) is 3. The Kier molecular flexibility index (Phi) is 6.61. The molecule has 0 saturated carbocycles. The van der Waals surface area contributed by atoms with E-state index in [0.29, 0.717) is 19.5 Å². The van der Waals surface area contributed by atoms with Gasteiger partial charge in [-0.2, -0.15) is 5.10 Å². The van der Waals surface area contributed by atoms with Gasteiger partial charge in [0.05, 0.1) is 12.2 Å². The van der Waals surface area contributed by atoms with Crippen LogP contribution >= 0.6 is 11.6 Å². The molecule has 0 saturated heterocycles. The molecule has 0 fully saturated rings. The number of carbonyl (C=O) groups excluding carboxylic acids is 1. The van der Waals surface area contributed by atoms with Gasteiger partial charge in [0.2, 0.25) is 5.91 Å². The average molecular weight is 395 g/mol. The number of nitrogens with one attached hydrogen (secondary N) is 1. The Morgan fingerprint density at radius 1 is 1.18 bits per heavy atom. The second-order valence-electron chi connectivity index (χ2n) is 6.53. The molecule has 0 aliphatic heterocycles. The van der Waals surface area contributed by atoms with Crippen molar-refractivity contribution in [2.24, 2.45) is 0 Å². The Labute approximate surface area is 170 Å². The Bertz CT molecular complexity index is 979. The van der Waals surface area contributed by atoms with E-state index in [0.717, 1.165) is 33.2 Å². The van der Waals surface area contributed by atoms with Crippen LogP contribution in [0.3, 0.4) is 0 Å². The van der Waals surface area contributed by atoms with Gasteiger partial charge in [-0.3, -0.25) is 14.5 Å². The highest BCUT2D eigenvalue weighted by atomic mass is 35.5. The summed E-state index contributed by atoms with van der Waals surface area (Å²) >= 11 is 6.26. The van der Waals surface area contributed by atoms with Gasteiger partial charge < -0.3 is 5.32 Å². The van der Waals surface area contributed by atoms with E-state index < -0.39 is 0 Å². The van der Waals surface area contributed by atoms with Gasteiger partial charge in [-0.25, -0.2) is 0 Å². The molecule has 144 valence electrons. The van der Waals surface area contributed by atoms with Crippen LogP contribution in [0.5, 0.6) is 0 Å². The molecular weight excluding hydrogens is 372 g/mol. The topological polar surface area (TPSA) is 59.8 Å². The fraction of sp³-hybridized carbons (Fsp3) is 0.227. The van der Waals surface area contributed by atoms with Crippen molar-refractivity contribution in [2.75, 3.05) is 6.54 Å². The average Bonchev–Trinajstić information content (AvgIpc) is 2.96. The van der Waals surface area contributed by atoms with Gasteiger partial charge in [0, 0.05) is 47.2 Å². The molecule has 1 N–H and O–H groups in total. The second kappa shape index (κ2) is 9.33. The van der Waals surface area contributed by atoms with Crippen LogP contribution in [-0.2, 0) is 17.8 Å². The number of amides is 1. The standard InChI is InChI=1S/C22H23ClN4O/c1-16-20(10-11-22(28)25-14-12-19-8-5-6-13-24-19)17(2)27(26-16)15-18-7-3-4-9-21(18)23/h3-11,13H,12,14-15H2,1-2H3,(H,25,28)/b11-10+. The van der Waals surface area contributed by atoms with Crippen molar-refractivity contribution in [3.63, 3.8) is 0 Å². The lowest BCUT2D eigenvalue weighted by atomic mass is 10.1. The largest absolute Gasteiger partial charge is 0.352 e. The number of nitrogens with zero attached hydrogens (tertiary/aromatic N) is 3. The predicted molar refractivity (Wildman–Crippen MR) is 112 cm³/mol. The molecule has 0 spiro atoms. The fourth-order valence-corrected chi connectivity index (χ4v) is 3.17. The molecule has 2 heterocycles. The maximum atomic E-state index is 12.1. The number of benzene rings is 1. The van der Waals surface area contributed by atoms with Crippen LogP contribution in [-0.4, -0.2) is 27.2 Å². The lowest BCUT2D eigenvalue weighted by Gasteiger charge is -2.06. The minimum Gasteiger partial charge on any atom is -0.352 e. The molecule has 0 aliphatic rings. The van der Waals surface area contributed by atoms with E-state index in [9.17, 15) is 4.79 Å². The Balaban J connectivity index is 1.61. The second-order valence-corrected chi connectivity index (χ2v) is 6.94. The molecule has 6 heteroatoms. The van der Waals surface area contributed by atoms with E-state index in [4.69, 9.17) is 11.6 Å². The molecule has 3 aromatic rings. The van der Waals surface area contributed by atoms with Crippen molar-refractivity contribution in [3.05, 3.63) is 88.0 Å². The molecule has 0 bridgehead atoms. The molecule has 5 nitrogen and oxygen atoms in total. The minimum absolute atomic E-state index is 0.131. The lowest BCUT2D eigenvalue weighted by Crippen LogP contribution is -2.23. The van der Waals surface area contributed by atoms with Crippen molar-refractivity contribution in [3.8, 4) is 0 Å². The first kappa shape index (κ1) is 19.8. The van der Waals surface area contributed by atoms with Crippen LogP contribution < -0.4 is 5.32 Å². The summed E-state index contributed by atoms with van der Waals surface area (Å²) in [6.07, 6.45) is 5.82. The summed E-state index contributed by atoms with van der Waals surface area (Å²) in [6.45, 7) is 5.07. The summed E-state index contributed by atoms with van der Waals surface area (Å²) in [5.41, 5.74) is 4.79. The third-order valence-corrected chi connectivity index (χ3v) is 4.89. The first-order valence-corrected chi connectivity index (χ1v) is 9.55. The van der Waals surface area contributed by atoms with Gasteiger partial charge in [-0.05, 0) is 43.7 Å². The zero-order chi connectivity index (χ0) is 19.9. The SMILES string of the molecule is Cc1nn(Cc2ccccc2Cl)c(C)c1/C=C/C(=O)NCCc1ccccn1. The first-order chi connectivity index (χ1) is 13.5. The zero-order valence-corrected chi connectivity index (χ0v) is 16.8. The van der Waals surface area contributed by atoms with Crippen molar-refractivity contribution in [1.82, 2.24) is 20.1 Å². The molecule has 28 heavy (non-hydrogen) atoms. The van der Waals surface area contributed by atoms with E-state index in [-0.39, 0.29) is 5.91 Å². The Hall–Kier alpha value is -2.92. The summed E-state index contributed by atoms with van der Waals surface area (Å²) in [7, 11) is 0. The highest BCUT2D eigenvalue weighted by molar-refractivity contribution is 6.31. The number of aromatic nitrogens is 3. The quantitative estimate of drug-likeness (QED) is 0.617. The lowest BCUT2D eigenvalue weighted by molar-refractivity contribution is -0.116. The van der Waals surface area contributed by atoms with E-state index >= 15 is 0 Å². The third-order valence-electron chi connectivity index (χ3n) is 4.52. The summed E-state index contributed by atoms with van der Waals surface area (Å²) < 4.78 is 1.91. The van der Waals surface area contributed by atoms with Crippen LogP contribution in [0.25, 0.3) is 6.08 Å². The number of rotatable bonds is 7. The smallest absolute Gasteiger partial charge is 0.244 e. The third kappa shape index (κ3) is 5.08. The van der Waals surface area contributed by atoms with E-state index in [1.165, 1.54) is 0 Å². The molecule has 1 amide bonds. The number of aryl methyl sites for hydroxylation is 1. The van der Waals surface area contributed by atoms with Gasteiger partial charge in [0.15, 0.2) is 0 Å². The van der Waals surface area contributed by atoms with Crippen LogP contribution in [0.2, 0.25) is 5.02 Å². The summed E-state index contributed by atoms with van der Waals surface area (Å²) in [6, 6.07) is 13.5. The Morgan fingerprint density at radius 2 is 1.96 bits per heavy atom. The summed E-state index contributed by atoms with van der Waals surface area (Å²) in [4.78, 5) is 16.4. The predicted octanol–water partition coefficient (Wildman–Crippen LogP) is 3.97. The van der Waals surface area contributed by atoms with Gasteiger partial charge in [-0.1, -0.05) is 35.9 Å². The van der Waals surface area contributed by atoms with Gasteiger partial charge in [0.25, 0.3) is 0 Å². The van der Waals surface area contributed by atoms with Crippen molar-refractivity contribution < 1.29 is 4.79 Å². The molecule has 0 radical (unpaired) electrons. The van der Waals surface area contributed by atoms with E-state index in [2.05, 4.69) is 15.4 Å². The van der Waals surface area contributed by atoms with Crippen molar-refractivity contribution in [2.45, 2.75) is 26.8 Å². The highest BCUT2D eigenvalue weighted by Crippen LogP contribution is 2.20. The minimum atomic E-state index is -0.131.